The number of hydrogen-bond acceptors (Lipinski definition) is 3. The average molecular weight is 282 g/mol. The van der Waals surface area contributed by atoms with Crippen molar-refractivity contribution in [1.82, 2.24) is 9.88 Å². The summed E-state index contributed by atoms with van der Waals surface area (Å²) in [6, 6.07) is 2.10. The van der Waals surface area contributed by atoms with E-state index in [0.29, 0.717) is 12.2 Å². The summed E-state index contributed by atoms with van der Waals surface area (Å²) in [6.07, 6.45) is 2.12. The SMILES string of the molecule is CCCn1cccc1C(=O)N[C@@H](CCC(=O)O)C(=O)O. The van der Waals surface area contributed by atoms with E-state index in [0.717, 1.165) is 6.42 Å². The molecule has 1 aromatic heterocycles. The fourth-order valence-corrected chi connectivity index (χ4v) is 1.81. The second-order valence-electron chi connectivity index (χ2n) is 4.38. The maximum absolute atomic E-state index is 12.0. The number of carbonyl (C=O) groups is 3. The zero-order valence-electron chi connectivity index (χ0n) is 11.2. The van der Waals surface area contributed by atoms with E-state index in [1.54, 1.807) is 22.9 Å². The second-order valence-corrected chi connectivity index (χ2v) is 4.38. The third kappa shape index (κ3) is 4.42. The molecule has 0 fully saturated rings. The maximum atomic E-state index is 12.0. The molecule has 1 amide bonds. The summed E-state index contributed by atoms with van der Waals surface area (Å²) >= 11 is 0. The summed E-state index contributed by atoms with van der Waals surface area (Å²) in [5.74, 6) is -2.85. The van der Waals surface area contributed by atoms with E-state index in [2.05, 4.69) is 5.32 Å². The van der Waals surface area contributed by atoms with Gasteiger partial charge in [-0.2, -0.15) is 0 Å². The van der Waals surface area contributed by atoms with Gasteiger partial charge in [-0.1, -0.05) is 6.92 Å². The van der Waals surface area contributed by atoms with Crippen LogP contribution in [-0.4, -0.2) is 38.7 Å². The average Bonchev–Trinajstić information content (AvgIpc) is 2.82. The van der Waals surface area contributed by atoms with E-state index in [9.17, 15) is 14.4 Å². The molecule has 7 heteroatoms. The Morgan fingerprint density at radius 3 is 2.60 bits per heavy atom. The number of carboxylic acid groups (broad SMARTS) is 2. The molecule has 1 rings (SSSR count). The largest absolute Gasteiger partial charge is 0.481 e. The number of hydrogen-bond donors (Lipinski definition) is 3. The number of nitrogens with one attached hydrogen (secondary N) is 1. The predicted molar refractivity (Wildman–Crippen MR) is 70.5 cm³/mol. The van der Waals surface area contributed by atoms with Crippen LogP contribution in [0.3, 0.4) is 0 Å². The summed E-state index contributed by atoms with van der Waals surface area (Å²) < 4.78 is 1.73. The van der Waals surface area contributed by atoms with Gasteiger partial charge in [0.2, 0.25) is 0 Å². The van der Waals surface area contributed by atoms with Crippen LogP contribution >= 0.6 is 0 Å². The Morgan fingerprint density at radius 1 is 1.35 bits per heavy atom. The number of carbonyl (C=O) groups excluding carboxylic acids is 1. The van der Waals surface area contributed by atoms with E-state index in [-0.39, 0.29) is 12.8 Å². The molecule has 20 heavy (non-hydrogen) atoms. The third-order valence-electron chi connectivity index (χ3n) is 2.78. The van der Waals surface area contributed by atoms with E-state index in [1.165, 1.54) is 0 Å². The van der Waals surface area contributed by atoms with Crippen molar-refractivity contribution in [2.75, 3.05) is 0 Å². The molecular weight excluding hydrogens is 264 g/mol. The molecule has 0 spiro atoms. The Hall–Kier alpha value is -2.31. The first kappa shape index (κ1) is 15.7. The van der Waals surface area contributed by atoms with Crippen molar-refractivity contribution in [3.8, 4) is 0 Å². The lowest BCUT2D eigenvalue weighted by molar-refractivity contribution is -0.140. The van der Waals surface area contributed by atoms with Crippen LogP contribution in [0.25, 0.3) is 0 Å². The zero-order valence-corrected chi connectivity index (χ0v) is 11.2. The first-order valence-electron chi connectivity index (χ1n) is 6.36. The van der Waals surface area contributed by atoms with E-state index in [1.807, 2.05) is 6.92 Å². The van der Waals surface area contributed by atoms with Gasteiger partial charge in [-0.25, -0.2) is 4.79 Å². The third-order valence-corrected chi connectivity index (χ3v) is 2.78. The summed E-state index contributed by atoms with van der Waals surface area (Å²) in [4.78, 5) is 33.5. The smallest absolute Gasteiger partial charge is 0.326 e. The highest BCUT2D eigenvalue weighted by Gasteiger charge is 2.22. The van der Waals surface area contributed by atoms with Gasteiger partial charge >= 0.3 is 11.9 Å². The summed E-state index contributed by atoms with van der Waals surface area (Å²) in [5.41, 5.74) is 0.369. The molecule has 110 valence electrons. The fourth-order valence-electron chi connectivity index (χ4n) is 1.81. The molecular formula is C13H18N2O5. The van der Waals surface area contributed by atoms with Crippen molar-refractivity contribution in [3.63, 3.8) is 0 Å². The van der Waals surface area contributed by atoms with Gasteiger partial charge in [0.05, 0.1) is 0 Å². The number of aliphatic carboxylic acids is 2. The van der Waals surface area contributed by atoms with Gasteiger partial charge in [-0.3, -0.25) is 9.59 Å². The highest BCUT2D eigenvalue weighted by Crippen LogP contribution is 2.06. The van der Waals surface area contributed by atoms with Crippen molar-refractivity contribution in [1.29, 1.82) is 0 Å². The molecule has 3 N–H and O–H groups in total. The van der Waals surface area contributed by atoms with E-state index < -0.39 is 23.9 Å². The lowest BCUT2D eigenvalue weighted by Crippen LogP contribution is -2.41. The van der Waals surface area contributed by atoms with Crippen LogP contribution in [0.5, 0.6) is 0 Å². The van der Waals surface area contributed by atoms with Crippen LogP contribution in [0.1, 0.15) is 36.7 Å². The lowest BCUT2D eigenvalue weighted by Gasteiger charge is -2.14. The van der Waals surface area contributed by atoms with Crippen molar-refractivity contribution >= 4 is 17.8 Å². The van der Waals surface area contributed by atoms with E-state index in [4.69, 9.17) is 10.2 Å². The molecule has 1 atom stereocenters. The molecule has 0 saturated heterocycles. The molecule has 1 heterocycles. The van der Waals surface area contributed by atoms with Crippen LogP contribution < -0.4 is 5.32 Å². The van der Waals surface area contributed by atoms with Crippen molar-refractivity contribution < 1.29 is 24.6 Å². The van der Waals surface area contributed by atoms with Gasteiger partial charge in [0.1, 0.15) is 11.7 Å². The van der Waals surface area contributed by atoms with Crippen molar-refractivity contribution in [3.05, 3.63) is 24.0 Å². The number of amides is 1. The predicted octanol–water partition coefficient (Wildman–Crippen LogP) is 0.946. The topological polar surface area (TPSA) is 109 Å². The van der Waals surface area contributed by atoms with Gasteiger partial charge in [0.15, 0.2) is 0 Å². The first-order chi connectivity index (χ1) is 9.45. The molecule has 0 unspecified atom stereocenters. The normalized spacial score (nSPS) is 11.8. The number of rotatable bonds is 8. The van der Waals surface area contributed by atoms with Crippen LogP contribution in [0.4, 0.5) is 0 Å². The van der Waals surface area contributed by atoms with Gasteiger partial charge in [-0.05, 0) is 25.0 Å². The highest BCUT2D eigenvalue weighted by atomic mass is 16.4. The Kier molecular flexibility index (Phi) is 5.76. The molecule has 7 nitrogen and oxygen atoms in total. The molecule has 0 aliphatic heterocycles. The van der Waals surface area contributed by atoms with Crippen molar-refractivity contribution in [2.45, 2.75) is 38.8 Å². The quantitative estimate of drug-likeness (QED) is 0.657. The lowest BCUT2D eigenvalue weighted by atomic mass is 10.1. The Labute approximate surface area is 116 Å². The molecule has 0 saturated carbocycles. The molecule has 0 bridgehead atoms. The minimum absolute atomic E-state index is 0.148. The van der Waals surface area contributed by atoms with Crippen molar-refractivity contribution in [2.24, 2.45) is 0 Å². The van der Waals surface area contributed by atoms with Gasteiger partial charge < -0.3 is 20.1 Å². The highest BCUT2D eigenvalue weighted by molar-refractivity contribution is 5.95. The van der Waals surface area contributed by atoms with Gasteiger partial charge in [-0.15, -0.1) is 0 Å². The van der Waals surface area contributed by atoms with Gasteiger partial charge in [0, 0.05) is 19.2 Å². The minimum Gasteiger partial charge on any atom is -0.481 e. The number of aromatic nitrogens is 1. The Bertz CT molecular complexity index is 495. The standard InChI is InChI=1S/C13H18N2O5/c1-2-7-15-8-3-4-10(15)12(18)14-9(13(19)20)5-6-11(16)17/h3-4,8-9H,2,5-7H2,1H3,(H,14,18)(H,16,17)(H,19,20)/t9-/m0/s1. The first-order valence-corrected chi connectivity index (χ1v) is 6.36. The molecule has 0 aliphatic carbocycles. The fraction of sp³-hybridized carbons (Fsp3) is 0.462. The Morgan fingerprint density at radius 2 is 2.05 bits per heavy atom. The van der Waals surface area contributed by atoms with Crippen LogP contribution in [0, 0.1) is 0 Å². The van der Waals surface area contributed by atoms with E-state index >= 15 is 0 Å². The second kappa shape index (κ2) is 7.32. The summed E-state index contributed by atoms with van der Waals surface area (Å²) in [5, 5.41) is 19.9. The minimum atomic E-state index is -1.24. The Balaban J connectivity index is 2.72. The molecule has 0 radical (unpaired) electrons. The summed E-state index contributed by atoms with van der Waals surface area (Å²) in [6.45, 7) is 2.62. The maximum Gasteiger partial charge on any atom is 0.326 e. The van der Waals surface area contributed by atoms with Gasteiger partial charge in [0.25, 0.3) is 5.91 Å². The number of aryl methyl sites for hydroxylation is 1. The summed E-state index contributed by atoms with van der Waals surface area (Å²) in [7, 11) is 0. The number of nitrogens with zero attached hydrogens (tertiary/aromatic N) is 1. The zero-order chi connectivity index (χ0) is 15.1. The molecule has 0 aromatic carbocycles. The van der Waals surface area contributed by atoms with Crippen LogP contribution in [-0.2, 0) is 16.1 Å². The molecule has 0 aliphatic rings. The number of carboxylic acids is 2. The van der Waals surface area contributed by atoms with Crippen LogP contribution in [0.15, 0.2) is 18.3 Å². The molecule has 1 aromatic rings. The van der Waals surface area contributed by atoms with Crippen LogP contribution in [0.2, 0.25) is 0 Å². The monoisotopic (exact) mass is 282 g/mol.